The normalized spacial score (nSPS) is 12.2. The van der Waals surface area contributed by atoms with Crippen LogP contribution in [0.15, 0.2) is 23.4 Å². The minimum Gasteiger partial charge on any atom is -0.481 e. The fourth-order valence-corrected chi connectivity index (χ4v) is 2.70. The zero-order valence-electron chi connectivity index (χ0n) is 12.5. The van der Waals surface area contributed by atoms with E-state index in [9.17, 15) is 4.79 Å². The summed E-state index contributed by atoms with van der Waals surface area (Å²) in [7, 11) is 1.82. The number of primary amides is 1. The zero-order valence-corrected chi connectivity index (χ0v) is 14.1. The first-order valence-corrected chi connectivity index (χ1v) is 7.98. The van der Waals surface area contributed by atoms with Crippen molar-refractivity contribution in [3.05, 3.63) is 34.6 Å². The van der Waals surface area contributed by atoms with Gasteiger partial charge in [0.15, 0.2) is 17.1 Å². The molecule has 0 spiro atoms. The number of ether oxygens (including phenoxy) is 1. The molecule has 0 radical (unpaired) electrons. The average molecular weight is 341 g/mol. The maximum atomic E-state index is 10.8. The highest BCUT2D eigenvalue weighted by atomic mass is 35.5. The third-order valence-electron chi connectivity index (χ3n) is 2.97. The second kappa shape index (κ2) is 7.02. The number of benzene rings is 1. The third kappa shape index (κ3) is 3.92. The number of thioether (sulfide) groups is 1. The van der Waals surface area contributed by atoms with Crippen molar-refractivity contribution in [3.63, 3.8) is 0 Å². The van der Waals surface area contributed by atoms with E-state index in [-0.39, 0.29) is 11.9 Å². The molecule has 6 nitrogen and oxygen atoms in total. The van der Waals surface area contributed by atoms with Gasteiger partial charge in [0, 0.05) is 7.05 Å². The van der Waals surface area contributed by atoms with Gasteiger partial charge < -0.3 is 15.0 Å². The molecule has 0 aliphatic heterocycles. The Kier molecular flexibility index (Phi) is 5.31. The summed E-state index contributed by atoms with van der Waals surface area (Å²) < 4.78 is 7.66. The summed E-state index contributed by atoms with van der Waals surface area (Å²) in [5.74, 6) is 1.00. The number of aromatic nitrogens is 3. The van der Waals surface area contributed by atoms with Gasteiger partial charge in [-0.05, 0) is 31.5 Å². The molecule has 1 aromatic heterocycles. The van der Waals surface area contributed by atoms with Gasteiger partial charge in [-0.2, -0.15) is 0 Å². The lowest BCUT2D eigenvalue weighted by atomic mass is 10.2. The first-order valence-electron chi connectivity index (χ1n) is 6.61. The Morgan fingerprint density at radius 1 is 1.50 bits per heavy atom. The topological polar surface area (TPSA) is 83.0 Å². The van der Waals surface area contributed by atoms with E-state index in [0.29, 0.717) is 21.8 Å². The van der Waals surface area contributed by atoms with E-state index >= 15 is 0 Å². The van der Waals surface area contributed by atoms with Crippen LogP contribution in [0.3, 0.4) is 0 Å². The largest absolute Gasteiger partial charge is 0.481 e. The summed E-state index contributed by atoms with van der Waals surface area (Å²) in [6, 6.07) is 5.59. The molecular formula is C14H17ClN4O2S. The molecule has 2 N–H and O–H groups in total. The van der Waals surface area contributed by atoms with Crippen LogP contribution in [0.2, 0.25) is 5.02 Å². The van der Waals surface area contributed by atoms with Gasteiger partial charge in [-0.1, -0.05) is 29.4 Å². The molecule has 2 aromatic rings. The predicted molar refractivity (Wildman–Crippen MR) is 86.2 cm³/mol. The summed E-state index contributed by atoms with van der Waals surface area (Å²) in [4.78, 5) is 10.8. The Morgan fingerprint density at radius 3 is 2.91 bits per heavy atom. The maximum Gasteiger partial charge on any atom is 0.227 e. The SMILES string of the molecule is Cc1ccc(Cl)c(OC(C)c2nnc(SCC(N)=O)n2C)c1. The van der Waals surface area contributed by atoms with Gasteiger partial charge in [-0.3, -0.25) is 4.79 Å². The van der Waals surface area contributed by atoms with Gasteiger partial charge >= 0.3 is 0 Å². The summed E-state index contributed by atoms with van der Waals surface area (Å²) >= 11 is 7.37. The minimum absolute atomic E-state index is 0.158. The van der Waals surface area contributed by atoms with Gasteiger partial charge in [0.05, 0.1) is 10.8 Å². The van der Waals surface area contributed by atoms with Crippen LogP contribution in [0.1, 0.15) is 24.4 Å². The highest BCUT2D eigenvalue weighted by molar-refractivity contribution is 7.99. The van der Waals surface area contributed by atoms with Crippen molar-refractivity contribution in [2.45, 2.75) is 25.1 Å². The third-order valence-corrected chi connectivity index (χ3v) is 4.32. The van der Waals surface area contributed by atoms with Crippen LogP contribution >= 0.6 is 23.4 Å². The fourth-order valence-electron chi connectivity index (χ4n) is 1.89. The highest BCUT2D eigenvalue weighted by Gasteiger charge is 2.18. The molecule has 1 unspecified atom stereocenters. The van der Waals surface area contributed by atoms with Gasteiger partial charge in [-0.15, -0.1) is 10.2 Å². The zero-order chi connectivity index (χ0) is 16.3. The van der Waals surface area contributed by atoms with E-state index in [2.05, 4.69) is 10.2 Å². The number of amides is 1. The van der Waals surface area contributed by atoms with Crippen molar-refractivity contribution < 1.29 is 9.53 Å². The van der Waals surface area contributed by atoms with E-state index < -0.39 is 5.91 Å². The number of hydrogen-bond donors (Lipinski definition) is 1. The maximum absolute atomic E-state index is 10.8. The molecule has 22 heavy (non-hydrogen) atoms. The van der Waals surface area contributed by atoms with Gasteiger partial charge in [-0.25, -0.2) is 0 Å². The Bertz CT molecular complexity index is 689. The van der Waals surface area contributed by atoms with Crippen molar-refractivity contribution in [3.8, 4) is 5.75 Å². The average Bonchev–Trinajstić information content (AvgIpc) is 2.82. The van der Waals surface area contributed by atoms with E-state index in [1.807, 2.05) is 33.0 Å². The monoisotopic (exact) mass is 340 g/mol. The molecule has 0 saturated heterocycles. The lowest BCUT2D eigenvalue weighted by Crippen LogP contribution is -2.14. The molecule has 0 saturated carbocycles. The van der Waals surface area contributed by atoms with Crippen molar-refractivity contribution in [2.24, 2.45) is 12.8 Å². The van der Waals surface area contributed by atoms with Crippen molar-refractivity contribution in [2.75, 3.05) is 5.75 Å². The molecule has 0 aliphatic rings. The molecule has 1 atom stereocenters. The number of nitrogens with zero attached hydrogens (tertiary/aromatic N) is 3. The van der Waals surface area contributed by atoms with Gasteiger partial charge in [0.25, 0.3) is 0 Å². The number of aryl methyl sites for hydroxylation is 1. The standard InChI is InChI=1S/C14H17ClN4O2S/c1-8-4-5-10(15)11(6-8)21-9(2)13-17-18-14(19(13)3)22-7-12(16)20/h4-6,9H,7H2,1-3H3,(H2,16,20). The summed E-state index contributed by atoms with van der Waals surface area (Å²) in [5.41, 5.74) is 6.19. The molecule has 2 rings (SSSR count). The second-order valence-electron chi connectivity index (χ2n) is 4.85. The number of hydrogen-bond acceptors (Lipinski definition) is 5. The van der Waals surface area contributed by atoms with Crippen molar-refractivity contribution in [1.82, 2.24) is 14.8 Å². The van der Waals surface area contributed by atoms with Crippen LogP contribution in [-0.2, 0) is 11.8 Å². The molecule has 0 aliphatic carbocycles. The molecule has 1 heterocycles. The molecule has 8 heteroatoms. The van der Waals surface area contributed by atoms with Crippen molar-refractivity contribution >= 4 is 29.3 Å². The van der Waals surface area contributed by atoms with E-state index in [1.165, 1.54) is 11.8 Å². The van der Waals surface area contributed by atoms with Gasteiger partial charge in [0.2, 0.25) is 5.91 Å². The number of carbonyl (C=O) groups excluding carboxylic acids is 1. The number of rotatable bonds is 6. The highest BCUT2D eigenvalue weighted by Crippen LogP contribution is 2.30. The minimum atomic E-state index is -0.398. The Morgan fingerprint density at radius 2 is 2.23 bits per heavy atom. The fraction of sp³-hybridized carbons (Fsp3) is 0.357. The summed E-state index contributed by atoms with van der Waals surface area (Å²) in [6.45, 7) is 3.83. The smallest absolute Gasteiger partial charge is 0.227 e. The van der Waals surface area contributed by atoms with Crippen LogP contribution in [0.4, 0.5) is 0 Å². The summed E-state index contributed by atoms with van der Waals surface area (Å²) in [6.07, 6.45) is -0.334. The predicted octanol–water partition coefficient (Wildman–Crippen LogP) is 2.49. The molecule has 1 amide bonds. The van der Waals surface area contributed by atoms with Crippen LogP contribution in [-0.4, -0.2) is 26.4 Å². The van der Waals surface area contributed by atoms with E-state index in [4.69, 9.17) is 22.1 Å². The molecule has 0 bridgehead atoms. The van der Waals surface area contributed by atoms with Crippen LogP contribution < -0.4 is 10.5 Å². The van der Waals surface area contributed by atoms with Crippen LogP contribution in [0.25, 0.3) is 0 Å². The lowest BCUT2D eigenvalue weighted by molar-refractivity contribution is -0.115. The first kappa shape index (κ1) is 16.6. The number of carbonyl (C=O) groups is 1. The second-order valence-corrected chi connectivity index (χ2v) is 6.20. The van der Waals surface area contributed by atoms with E-state index in [0.717, 1.165) is 5.56 Å². The molecule has 1 aromatic carbocycles. The van der Waals surface area contributed by atoms with Crippen molar-refractivity contribution in [1.29, 1.82) is 0 Å². The molecule has 0 fully saturated rings. The van der Waals surface area contributed by atoms with Gasteiger partial charge in [0.1, 0.15) is 5.75 Å². The quantitative estimate of drug-likeness (QED) is 0.817. The number of nitrogens with two attached hydrogens (primary N) is 1. The van der Waals surface area contributed by atoms with E-state index in [1.54, 1.807) is 10.6 Å². The molecular weight excluding hydrogens is 324 g/mol. The van der Waals surface area contributed by atoms with Crippen LogP contribution in [0, 0.1) is 6.92 Å². The number of halogens is 1. The Balaban J connectivity index is 2.14. The molecule has 118 valence electrons. The summed E-state index contributed by atoms with van der Waals surface area (Å²) in [5, 5.41) is 9.31. The lowest BCUT2D eigenvalue weighted by Gasteiger charge is -2.15. The Labute approximate surface area is 138 Å². The first-order chi connectivity index (χ1) is 10.4. The van der Waals surface area contributed by atoms with Crippen LogP contribution in [0.5, 0.6) is 5.75 Å². The Hall–Kier alpha value is -1.73.